The van der Waals surface area contributed by atoms with E-state index in [9.17, 15) is 9.59 Å². The van der Waals surface area contributed by atoms with E-state index in [1.807, 2.05) is 4.90 Å². The predicted octanol–water partition coefficient (Wildman–Crippen LogP) is 3.82. The van der Waals surface area contributed by atoms with Crippen molar-refractivity contribution in [2.24, 2.45) is 22.7 Å². The Bertz CT molecular complexity index is 1280. The first-order valence-corrected chi connectivity index (χ1v) is 16.9. The summed E-state index contributed by atoms with van der Waals surface area (Å²) in [6.07, 6.45) is 5.62. The molecule has 13 nitrogen and oxygen atoms in total. The number of carbonyl (C=O) groups excluding carboxylic acids is 1. The molecule has 1 saturated heterocycles. The van der Waals surface area contributed by atoms with E-state index in [0.717, 1.165) is 70.4 Å². The molecule has 2 heterocycles. The highest BCUT2D eigenvalue weighted by molar-refractivity contribution is 6.01. The van der Waals surface area contributed by atoms with Gasteiger partial charge in [0.05, 0.1) is 32.8 Å². The number of carbonyl (C=O) groups is 1. The van der Waals surface area contributed by atoms with Gasteiger partial charge in [-0.2, -0.15) is 0 Å². The SMILES string of the molecule is C=NC(=N)c1[nH]c(=O)n(Cc2ccc(CN3CCC(CCN(CC(C)C)C(=O)CCOCCON)CC3)cc2)c1NCOCCCC. The van der Waals surface area contributed by atoms with E-state index in [1.165, 1.54) is 5.56 Å². The van der Waals surface area contributed by atoms with Crippen LogP contribution >= 0.6 is 0 Å². The molecule has 0 aliphatic carbocycles. The van der Waals surface area contributed by atoms with Crippen molar-refractivity contribution < 1.29 is 19.1 Å². The summed E-state index contributed by atoms with van der Waals surface area (Å²) in [4.78, 5) is 41.1. The van der Waals surface area contributed by atoms with E-state index < -0.39 is 0 Å². The molecule has 0 saturated carbocycles. The third-order valence-corrected chi connectivity index (χ3v) is 8.39. The van der Waals surface area contributed by atoms with E-state index in [-0.39, 0.29) is 24.2 Å². The first-order chi connectivity index (χ1) is 22.7. The largest absolute Gasteiger partial charge is 0.378 e. The van der Waals surface area contributed by atoms with Crippen LogP contribution < -0.4 is 16.9 Å². The number of rotatable bonds is 22. The van der Waals surface area contributed by atoms with E-state index in [0.29, 0.717) is 62.7 Å². The number of aromatic amines is 1. The summed E-state index contributed by atoms with van der Waals surface area (Å²) in [5, 5.41) is 11.3. The Morgan fingerprint density at radius 2 is 1.83 bits per heavy atom. The number of unbranched alkanes of at least 4 members (excludes halogenated alkanes) is 1. The quantitative estimate of drug-likeness (QED) is 0.0489. The van der Waals surface area contributed by atoms with Crippen molar-refractivity contribution in [3.8, 4) is 0 Å². The van der Waals surface area contributed by atoms with Crippen LogP contribution in [0.1, 0.15) is 76.1 Å². The minimum absolute atomic E-state index is 0.103. The van der Waals surface area contributed by atoms with Gasteiger partial charge in [0.1, 0.15) is 18.2 Å². The molecule has 0 bridgehead atoms. The molecule has 13 heteroatoms. The molecule has 0 atom stereocenters. The molecule has 1 fully saturated rings. The number of benzene rings is 1. The van der Waals surface area contributed by atoms with Crippen LogP contribution in [0.3, 0.4) is 0 Å². The second-order valence-electron chi connectivity index (χ2n) is 12.6. The molecule has 1 aromatic carbocycles. The first kappa shape index (κ1) is 38.1. The van der Waals surface area contributed by atoms with Gasteiger partial charge in [0.15, 0.2) is 5.84 Å². The van der Waals surface area contributed by atoms with Crippen LogP contribution in [-0.2, 0) is 32.2 Å². The Morgan fingerprint density at radius 1 is 1.13 bits per heavy atom. The zero-order valence-corrected chi connectivity index (χ0v) is 28.6. The van der Waals surface area contributed by atoms with Gasteiger partial charge in [-0.25, -0.2) is 15.7 Å². The summed E-state index contributed by atoms with van der Waals surface area (Å²) in [6, 6.07) is 8.35. The number of amidine groups is 1. The highest BCUT2D eigenvalue weighted by Gasteiger charge is 2.22. The molecular formula is C34H56N8O5. The van der Waals surface area contributed by atoms with E-state index in [4.69, 9.17) is 20.8 Å². The monoisotopic (exact) mass is 656 g/mol. The van der Waals surface area contributed by atoms with Crippen LogP contribution in [-0.4, -0.2) is 97.1 Å². The van der Waals surface area contributed by atoms with Crippen molar-refractivity contribution in [1.82, 2.24) is 19.4 Å². The van der Waals surface area contributed by atoms with Crippen molar-refractivity contribution in [3.63, 3.8) is 0 Å². The fourth-order valence-corrected chi connectivity index (χ4v) is 5.74. The van der Waals surface area contributed by atoms with Crippen molar-refractivity contribution >= 4 is 24.3 Å². The van der Waals surface area contributed by atoms with Gasteiger partial charge < -0.3 is 29.5 Å². The zero-order valence-electron chi connectivity index (χ0n) is 28.6. The molecule has 3 rings (SSSR count). The second-order valence-corrected chi connectivity index (χ2v) is 12.6. The van der Waals surface area contributed by atoms with E-state index >= 15 is 0 Å². The molecule has 1 aromatic heterocycles. The van der Waals surface area contributed by atoms with Crippen LogP contribution in [0.2, 0.25) is 0 Å². The summed E-state index contributed by atoms with van der Waals surface area (Å²) in [7, 11) is 0. The highest BCUT2D eigenvalue weighted by Crippen LogP contribution is 2.23. The lowest BCUT2D eigenvalue weighted by Gasteiger charge is -2.33. The number of likely N-dealkylation sites (tertiary alicyclic amines) is 1. The van der Waals surface area contributed by atoms with E-state index in [1.54, 1.807) is 4.57 Å². The first-order valence-electron chi connectivity index (χ1n) is 16.9. The Labute approximate surface area is 279 Å². The molecular weight excluding hydrogens is 600 g/mol. The number of hydrogen-bond acceptors (Lipinski definition) is 9. The maximum Gasteiger partial charge on any atom is 0.328 e. The summed E-state index contributed by atoms with van der Waals surface area (Å²) in [6.45, 7) is 16.6. The normalized spacial score (nSPS) is 14.1. The number of aromatic nitrogens is 2. The molecule has 1 amide bonds. The number of aliphatic imine (C=N–C) groups is 1. The molecule has 0 unspecified atom stereocenters. The van der Waals surface area contributed by atoms with Crippen LogP contribution in [0.15, 0.2) is 34.1 Å². The van der Waals surface area contributed by atoms with Crippen LogP contribution in [0, 0.1) is 17.2 Å². The summed E-state index contributed by atoms with van der Waals surface area (Å²) in [5.41, 5.74) is 2.17. The predicted molar refractivity (Wildman–Crippen MR) is 186 cm³/mol. The maximum absolute atomic E-state index is 12.9. The number of anilines is 1. The average Bonchev–Trinajstić information content (AvgIpc) is 3.37. The van der Waals surface area contributed by atoms with Crippen molar-refractivity contribution in [2.75, 3.05) is 64.7 Å². The van der Waals surface area contributed by atoms with Gasteiger partial charge in [0.25, 0.3) is 0 Å². The molecule has 0 spiro atoms. The number of nitrogens with zero attached hydrogens (tertiary/aromatic N) is 4. The number of amides is 1. The van der Waals surface area contributed by atoms with Crippen LogP contribution in [0.4, 0.5) is 5.82 Å². The third kappa shape index (κ3) is 13.0. The maximum atomic E-state index is 12.9. The molecule has 0 radical (unpaired) electrons. The zero-order chi connectivity index (χ0) is 34.0. The molecule has 47 heavy (non-hydrogen) atoms. The topological polar surface area (TPSA) is 163 Å². The average molecular weight is 657 g/mol. The highest BCUT2D eigenvalue weighted by atomic mass is 16.6. The van der Waals surface area contributed by atoms with Gasteiger partial charge >= 0.3 is 5.69 Å². The number of H-pyrrole nitrogens is 1. The lowest BCUT2D eigenvalue weighted by atomic mass is 9.93. The van der Waals surface area contributed by atoms with E-state index in [2.05, 4.69) is 76.8 Å². The fourth-order valence-electron chi connectivity index (χ4n) is 5.74. The minimum Gasteiger partial charge on any atom is -0.378 e. The van der Waals surface area contributed by atoms with Gasteiger partial charge in [0, 0.05) is 26.2 Å². The molecule has 1 aliphatic rings. The third-order valence-electron chi connectivity index (χ3n) is 8.39. The molecule has 2 aromatic rings. The Morgan fingerprint density at radius 3 is 2.47 bits per heavy atom. The van der Waals surface area contributed by atoms with Crippen molar-refractivity contribution in [3.05, 3.63) is 51.6 Å². The Kier molecular flexibility index (Phi) is 16.8. The number of piperidine rings is 1. The number of imidazole rings is 1. The number of nitrogens with two attached hydrogens (primary N) is 1. The summed E-state index contributed by atoms with van der Waals surface area (Å²) >= 11 is 0. The number of hydrogen-bond donors (Lipinski definition) is 4. The van der Waals surface area contributed by atoms with Gasteiger partial charge in [0.2, 0.25) is 5.91 Å². The summed E-state index contributed by atoms with van der Waals surface area (Å²) in [5.74, 6) is 6.55. The fraction of sp³-hybridized carbons (Fsp3) is 0.647. The van der Waals surface area contributed by atoms with Gasteiger partial charge in [-0.3, -0.25) is 19.7 Å². The number of nitrogens with one attached hydrogen (secondary N) is 3. The molecule has 1 aliphatic heterocycles. The van der Waals surface area contributed by atoms with Gasteiger partial charge in [-0.05, 0) is 68.5 Å². The smallest absolute Gasteiger partial charge is 0.328 e. The lowest BCUT2D eigenvalue weighted by molar-refractivity contribution is -0.133. The second kappa shape index (κ2) is 20.8. The van der Waals surface area contributed by atoms with Gasteiger partial charge in [-0.15, -0.1) is 0 Å². The van der Waals surface area contributed by atoms with Gasteiger partial charge in [-0.1, -0.05) is 51.5 Å². The number of ether oxygens (including phenoxy) is 2. The van der Waals surface area contributed by atoms with Crippen LogP contribution in [0.5, 0.6) is 0 Å². The Balaban J connectivity index is 1.49. The molecule has 262 valence electrons. The standard InChI is InChI=1S/C34H56N8O5/c1-5-6-18-46-25-38-33-31(32(35)37-4)39-34(44)42(33)24-29-9-7-28(8-10-29)23-40-15-11-27(12-16-40)13-17-41(22-26(2)3)30(43)14-19-45-20-21-47-36/h7-10,26-27,35,38H,4-6,11-25,36H2,1-3H3,(H,39,44). The molecule has 5 N–H and O–H groups in total. The Hall–Kier alpha value is -3.36. The van der Waals surface area contributed by atoms with Crippen LogP contribution in [0.25, 0.3) is 0 Å². The van der Waals surface area contributed by atoms with Crippen molar-refractivity contribution in [2.45, 2.75) is 72.4 Å². The summed E-state index contributed by atoms with van der Waals surface area (Å²) < 4.78 is 12.6. The minimum atomic E-state index is -0.323. The van der Waals surface area contributed by atoms with Crippen molar-refractivity contribution in [1.29, 1.82) is 5.41 Å². The lowest BCUT2D eigenvalue weighted by Crippen LogP contribution is -2.38.